The van der Waals surface area contributed by atoms with Gasteiger partial charge in [-0.25, -0.2) is 0 Å². The molecule has 0 saturated carbocycles. The summed E-state index contributed by atoms with van der Waals surface area (Å²) in [5.74, 6) is 0.443. The van der Waals surface area contributed by atoms with Crippen LogP contribution in [0.15, 0.2) is 40.9 Å². The van der Waals surface area contributed by atoms with Crippen molar-refractivity contribution in [2.24, 2.45) is 7.05 Å². The van der Waals surface area contributed by atoms with Crippen molar-refractivity contribution < 1.29 is 13.9 Å². The van der Waals surface area contributed by atoms with Crippen LogP contribution >= 0.6 is 0 Å². The van der Waals surface area contributed by atoms with E-state index in [2.05, 4.69) is 20.6 Å². The number of ether oxygens (including phenoxy) is 1. The predicted octanol–water partition coefficient (Wildman–Crippen LogP) is 1.73. The monoisotopic (exact) mass is 299 g/mol. The molecule has 2 aromatic heterocycles. The van der Waals surface area contributed by atoms with E-state index < -0.39 is 5.91 Å². The van der Waals surface area contributed by atoms with Crippen molar-refractivity contribution in [2.45, 2.75) is 0 Å². The third-order valence-corrected chi connectivity index (χ3v) is 2.93. The summed E-state index contributed by atoms with van der Waals surface area (Å²) in [5.41, 5.74) is 0.912. The molecule has 3 aromatic rings. The van der Waals surface area contributed by atoms with E-state index in [0.29, 0.717) is 11.3 Å². The summed E-state index contributed by atoms with van der Waals surface area (Å²) in [6, 6.07) is 8.82. The van der Waals surface area contributed by atoms with Gasteiger partial charge in [0, 0.05) is 13.2 Å². The molecule has 3 rings (SSSR count). The standard InChI is InChI=1S/C14H13N5O3/c1-19-8-7-10(18-19)12(20)15-14-17-16-13(22-14)9-5-3-4-6-11(9)21-2/h3-8H,1-2H3,(H,15,17,20). The SMILES string of the molecule is COc1ccccc1-c1nnc(NC(=O)c2ccn(C)n2)o1. The molecule has 0 atom stereocenters. The lowest BCUT2D eigenvalue weighted by Crippen LogP contribution is -2.13. The first kappa shape index (κ1) is 13.8. The number of hydrogen-bond acceptors (Lipinski definition) is 6. The number of methoxy groups -OCH3 is 1. The third kappa shape index (κ3) is 2.66. The first-order valence-corrected chi connectivity index (χ1v) is 6.45. The summed E-state index contributed by atoms with van der Waals surface area (Å²) >= 11 is 0. The zero-order valence-electron chi connectivity index (χ0n) is 12.0. The van der Waals surface area contributed by atoms with E-state index in [4.69, 9.17) is 9.15 Å². The second-order valence-corrected chi connectivity index (χ2v) is 4.44. The van der Waals surface area contributed by atoms with Gasteiger partial charge in [-0.05, 0) is 18.2 Å². The predicted molar refractivity (Wildman–Crippen MR) is 77.4 cm³/mol. The van der Waals surface area contributed by atoms with E-state index in [1.54, 1.807) is 38.6 Å². The van der Waals surface area contributed by atoms with Crippen LogP contribution in [-0.2, 0) is 7.05 Å². The highest BCUT2D eigenvalue weighted by Crippen LogP contribution is 2.29. The van der Waals surface area contributed by atoms with Gasteiger partial charge in [-0.2, -0.15) is 5.10 Å². The maximum absolute atomic E-state index is 12.0. The topological polar surface area (TPSA) is 95.1 Å². The Bertz CT molecular complexity index is 808. The molecule has 0 aliphatic carbocycles. The van der Waals surface area contributed by atoms with Gasteiger partial charge in [0.05, 0.1) is 12.7 Å². The number of aromatic nitrogens is 4. The van der Waals surface area contributed by atoms with Crippen LogP contribution in [0.1, 0.15) is 10.5 Å². The lowest BCUT2D eigenvalue weighted by Gasteiger charge is -2.03. The first-order valence-electron chi connectivity index (χ1n) is 6.45. The van der Waals surface area contributed by atoms with E-state index in [9.17, 15) is 4.79 Å². The quantitative estimate of drug-likeness (QED) is 0.788. The number of nitrogens with zero attached hydrogens (tertiary/aromatic N) is 4. The molecule has 8 nitrogen and oxygen atoms in total. The number of rotatable bonds is 4. The van der Waals surface area contributed by atoms with Gasteiger partial charge in [0.2, 0.25) is 0 Å². The lowest BCUT2D eigenvalue weighted by atomic mass is 10.2. The number of para-hydroxylation sites is 1. The number of benzene rings is 1. The normalized spacial score (nSPS) is 10.5. The Morgan fingerprint density at radius 3 is 2.82 bits per heavy atom. The molecular formula is C14H13N5O3. The van der Waals surface area contributed by atoms with Crippen LogP contribution in [-0.4, -0.2) is 33.0 Å². The third-order valence-electron chi connectivity index (χ3n) is 2.93. The average Bonchev–Trinajstić information content (AvgIpc) is 3.16. The van der Waals surface area contributed by atoms with Gasteiger partial charge in [0.15, 0.2) is 5.69 Å². The summed E-state index contributed by atoms with van der Waals surface area (Å²) in [6.07, 6.45) is 1.67. The minimum absolute atomic E-state index is 0.00319. The molecule has 0 bridgehead atoms. The van der Waals surface area contributed by atoms with Crippen LogP contribution in [0.2, 0.25) is 0 Å². The molecule has 8 heteroatoms. The fourth-order valence-corrected chi connectivity index (χ4v) is 1.90. The fraction of sp³-hybridized carbons (Fsp3) is 0.143. The smallest absolute Gasteiger partial charge is 0.322 e. The second-order valence-electron chi connectivity index (χ2n) is 4.44. The van der Waals surface area contributed by atoms with Crippen molar-refractivity contribution in [2.75, 3.05) is 12.4 Å². The number of hydrogen-bond donors (Lipinski definition) is 1. The summed E-state index contributed by atoms with van der Waals surface area (Å²) in [5, 5.41) is 14.2. The zero-order chi connectivity index (χ0) is 15.5. The maximum Gasteiger partial charge on any atom is 0.322 e. The van der Waals surface area contributed by atoms with Gasteiger partial charge >= 0.3 is 6.01 Å². The van der Waals surface area contributed by atoms with Gasteiger partial charge < -0.3 is 9.15 Å². The highest BCUT2D eigenvalue weighted by Gasteiger charge is 2.16. The van der Waals surface area contributed by atoms with Crippen LogP contribution in [0, 0.1) is 0 Å². The number of aryl methyl sites for hydroxylation is 1. The van der Waals surface area contributed by atoms with E-state index in [-0.39, 0.29) is 17.6 Å². The molecule has 0 spiro atoms. The molecule has 22 heavy (non-hydrogen) atoms. The van der Waals surface area contributed by atoms with Gasteiger partial charge in [-0.3, -0.25) is 14.8 Å². The second kappa shape index (κ2) is 5.68. The fourth-order valence-electron chi connectivity index (χ4n) is 1.90. The van der Waals surface area contributed by atoms with Gasteiger partial charge in [-0.15, -0.1) is 5.10 Å². The van der Waals surface area contributed by atoms with Crippen LogP contribution in [0.4, 0.5) is 6.01 Å². The van der Waals surface area contributed by atoms with Crippen molar-refractivity contribution >= 4 is 11.9 Å². The number of carbonyl (C=O) groups is 1. The summed E-state index contributed by atoms with van der Waals surface area (Å²) in [7, 11) is 3.28. The zero-order valence-corrected chi connectivity index (χ0v) is 12.0. The Kier molecular flexibility index (Phi) is 3.57. The molecule has 2 heterocycles. The van der Waals surface area contributed by atoms with E-state index in [1.165, 1.54) is 4.68 Å². The summed E-state index contributed by atoms with van der Waals surface area (Å²) < 4.78 is 12.2. The molecular weight excluding hydrogens is 286 g/mol. The van der Waals surface area contributed by atoms with Crippen molar-refractivity contribution in [1.29, 1.82) is 0 Å². The Labute approximate surface area is 125 Å². The molecule has 0 aliphatic heterocycles. The molecule has 112 valence electrons. The van der Waals surface area contributed by atoms with E-state index in [1.807, 2.05) is 12.1 Å². The molecule has 0 unspecified atom stereocenters. The molecule has 0 radical (unpaired) electrons. The highest BCUT2D eigenvalue weighted by molar-refractivity contribution is 6.01. The summed E-state index contributed by atoms with van der Waals surface area (Å²) in [4.78, 5) is 12.0. The number of nitrogens with one attached hydrogen (secondary N) is 1. The molecule has 1 aromatic carbocycles. The van der Waals surface area contributed by atoms with E-state index in [0.717, 1.165) is 0 Å². The van der Waals surface area contributed by atoms with Crippen LogP contribution < -0.4 is 10.1 Å². The lowest BCUT2D eigenvalue weighted by molar-refractivity contribution is 0.101. The van der Waals surface area contributed by atoms with Crippen molar-refractivity contribution in [3.63, 3.8) is 0 Å². The minimum Gasteiger partial charge on any atom is -0.496 e. The Balaban J connectivity index is 1.80. The Morgan fingerprint density at radius 2 is 2.09 bits per heavy atom. The van der Waals surface area contributed by atoms with Crippen molar-refractivity contribution in [3.8, 4) is 17.2 Å². The van der Waals surface area contributed by atoms with Gasteiger partial charge in [0.25, 0.3) is 11.8 Å². The molecule has 0 fully saturated rings. The summed E-state index contributed by atoms with van der Waals surface area (Å²) in [6.45, 7) is 0. The van der Waals surface area contributed by atoms with Crippen LogP contribution in [0.3, 0.4) is 0 Å². The van der Waals surface area contributed by atoms with E-state index >= 15 is 0 Å². The Morgan fingerprint density at radius 1 is 1.27 bits per heavy atom. The average molecular weight is 299 g/mol. The van der Waals surface area contributed by atoms with Gasteiger partial charge in [-0.1, -0.05) is 17.2 Å². The number of anilines is 1. The molecule has 1 N–H and O–H groups in total. The first-order chi connectivity index (χ1) is 10.7. The van der Waals surface area contributed by atoms with Gasteiger partial charge in [0.1, 0.15) is 5.75 Å². The highest BCUT2D eigenvalue weighted by atomic mass is 16.5. The molecule has 0 saturated heterocycles. The van der Waals surface area contributed by atoms with Crippen LogP contribution in [0.5, 0.6) is 5.75 Å². The number of amides is 1. The molecule has 0 aliphatic rings. The van der Waals surface area contributed by atoms with Crippen LogP contribution in [0.25, 0.3) is 11.5 Å². The number of carbonyl (C=O) groups excluding carboxylic acids is 1. The van der Waals surface area contributed by atoms with Crippen molar-refractivity contribution in [1.82, 2.24) is 20.0 Å². The largest absolute Gasteiger partial charge is 0.496 e. The Hall–Kier alpha value is -3.16. The maximum atomic E-state index is 12.0. The molecule has 1 amide bonds. The van der Waals surface area contributed by atoms with Crippen molar-refractivity contribution in [3.05, 3.63) is 42.2 Å². The minimum atomic E-state index is -0.421.